The molecule has 0 aromatic rings. The first-order valence-corrected chi connectivity index (χ1v) is 7.20. The number of aliphatic carboxylic acids is 1. The van der Waals surface area contributed by atoms with Crippen molar-refractivity contribution >= 4 is 15.8 Å². The Morgan fingerprint density at radius 3 is 2.62 bits per heavy atom. The van der Waals surface area contributed by atoms with E-state index in [9.17, 15) is 13.2 Å². The van der Waals surface area contributed by atoms with Gasteiger partial charge in [0, 0.05) is 13.0 Å². The quantitative estimate of drug-likeness (QED) is 0.706. The number of unbranched alkanes of at least 4 members (excludes halogenated alkanes) is 1. The Balaban J connectivity index is 2.37. The van der Waals surface area contributed by atoms with Crippen LogP contribution in [-0.4, -0.2) is 43.2 Å². The molecule has 1 fully saturated rings. The second-order valence-electron chi connectivity index (χ2n) is 4.12. The van der Waals surface area contributed by atoms with Crippen molar-refractivity contribution in [2.24, 2.45) is 0 Å². The zero-order chi connectivity index (χ0) is 12.2. The molecule has 1 aliphatic rings. The summed E-state index contributed by atoms with van der Waals surface area (Å²) in [7, 11) is -3.13. The summed E-state index contributed by atoms with van der Waals surface area (Å²) >= 11 is 0. The predicted molar refractivity (Wildman–Crippen MR) is 59.1 cm³/mol. The Kier molecular flexibility index (Phi) is 4.73. The van der Waals surface area contributed by atoms with E-state index < -0.39 is 21.1 Å². The molecular formula is C10H18O5S. The van der Waals surface area contributed by atoms with Crippen molar-refractivity contribution in [1.29, 1.82) is 0 Å². The minimum atomic E-state index is -3.13. The smallest absolute Gasteiger partial charge is 0.303 e. The highest BCUT2D eigenvalue weighted by atomic mass is 32.2. The second kappa shape index (κ2) is 5.63. The summed E-state index contributed by atoms with van der Waals surface area (Å²) < 4.78 is 28.9. The number of carboxylic acids is 1. The molecule has 0 amide bonds. The summed E-state index contributed by atoms with van der Waals surface area (Å²) in [5, 5.41) is 8.02. The number of ether oxygens (including phenoxy) is 1. The maximum Gasteiger partial charge on any atom is 0.303 e. The average Bonchev–Trinajstić information content (AvgIpc) is 2.59. The maximum absolute atomic E-state index is 11.9. The zero-order valence-electron chi connectivity index (χ0n) is 9.39. The molecule has 1 N–H and O–H groups in total. The third-order valence-electron chi connectivity index (χ3n) is 2.84. The van der Waals surface area contributed by atoms with Crippen LogP contribution in [0.15, 0.2) is 0 Å². The molecule has 0 spiro atoms. The molecule has 6 heteroatoms. The summed E-state index contributed by atoms with van der Waals surface area (Å²) in [5.74, 6) is -0.812. The van der Waals surface area contributed by atoms with Gasteiger partial charge in [-0.1, -0.05) is 0 Å². The number of rotatable bonds is 6. The highest BCUT2D eigenvalue weighted by Gasteiger charge is 2.34. The van der Waals surface area contributed by atoms with Crippen LogP contribution in [0.25, 0.3) is 0 Å². The molecule has 1 heterocycles. The molecule has 2 atom stereocenters. The van der Waals surface area contributed by atoms with Gasteiger partial charge in [0.25, 0.3) is 0 Å². The standard InChI is InChI=1S/C10H18O5S/c1-8-9(5-6-15-8)16(13,14)7-3-2-4-10(11)12/h8-9H,2-7H2,1H3,(H,11,12). The molecule has 1 rings (SSSR count). The molecule has 0 aromatic heterocycles. The summed E-state index contributed by atoms with van der Waals surface area (Å²) in [6, 6.07) is 0. The van der Waals surface area contributed by atoms with Gasteiger partial charge >= 0.3 is 5.97 Å². The normalized spacial score (nSPS) is 25.8. The third kappa shape index (κ3) is 3.75. The van der Waals surface area contributed by atoms with E-state index in [4.69, 9.17) is 9.84 Å². The SMILES string of the molecule is CC1OCCC1S(=O)(=O)CCCCC(=O)O. The molecule has 1 saturated heterocycles. The monoisotopic (exact) mass is 250 g/mol. The average molecular weight is 250 g/mol. The molecule has 0 saturated carbocycles. The highest BCUT2D eigenvalue weighted by molar-refractivity contribution is 7.92. The number of carbonyl (C=O) groups is 1. The lowest BCUT2D eigenvalue weighted by molar-refractivity contribution is -0.137. The number of hydrogen-bond acceptors (Lipinski definition) is 4. The van der Waals surface area contributed by atoms with Crippen LogP contribution in [0.3, 0.4) is 0 Å². The molecule has 0 bridgehead atoms. The second-order valence-corrected chi connectivity index (χ2v) is 6.46. The van der Waals surface area contributed by atoms with Crippen LogP contribution in [0.5, 0.6) is 0 Å². The lowest BCUT2D eigenvalue weighted by Crippen LogP contribution is -2.30. The molecule has 0 aliphatic carbocycles. The lowest BCUT2D eigenvalue weighted by atomic mass is 10.2. The summed E-state index contributed by atoms with van der Waals surface area (Å²) in [6.45, 7) is 2.27. The minimum Gasteiger partial charge on any atom is -0.481 e. The van der Waals surface area contributed by atoms with E-state index in [-0.39, 0.29) is 18.3 Å². The molecule has 94 valence electrons. The van der Waals surface area contributed by atoms with Gasteiger partial charge in [-0.25, -0.2) is 8.42 Å². The first kappa shape index (κ1) is 13.4. The van der Waals surface area contributed by atoms with E-state index >= 15 is 0 Å². The van der Waals surface area contributed by atoms with Crippen molar-refractivity contribution in [3.63, 3.8) is 0 Å². The Morgan fingerprint density at radius 1 is 1.44 bits per heavy atom. The van der Waals surface area contributed by atoms with Crippen LogP contribution in [-0.2, 0) is 19.4 Å². The molecular weight excluding hydrogens is 232 g/mol. The Bertz CT molecular complexity index is 335. The van der Waals surface area contributed by atoms with Crippen molar-refractivity contribution in [2.75, 3.05) is 12.4 Å². The fraction of sp³-hybridized carbons (Fsp3) is 0.900. The summed E-state index contributed by atoms with van der Waals surface area (Å²) in [6.07, 6.45) is 1.19. The van der Waals surface area contributed by atoms with Crippen molar-refractivity contribution < 1.29 is 23.1 Å². The van der Waals surface area contributed by atoms with E-state index in [0.29, 0.717) is 25.9 Å². The van der Waals surface area contributed by atoms with Crippen LogP contribution in [0.2, 0.25) is 0 Å². The third-order valence-corrected chi connectivity index (χ3v) is 5.24. The van der Waals surface area contributed by atoms with E-state index in [2.05, 4.69) is 0 Å². The Morgan fingerprint density at radius 2 is 2.12 bits per heavy atom. The molecule has 2 unspecified atom stereocenters. The predicted octanol–water partition coefficient (Wildman–Crippen LogP) is 0.834. The number of carboxylic acid groups (broad SMARTS) is 1. The van der Waals surface area contributed by atoms with Crippen molar-refractivity contribution in [2.45, 2.75) is 44.0 Å². The van der Waals surface area contributed by atoms with E-state index in [0.717, 1.165) is 0 Å². The number of sulfone groups is 1. The first-order valence-electron chi connectivity index (χ1n) is 5.48. The van der Waals surface area contributed by atoms with E-state index in [1.165, 1.54) is 0 Å². The van der Waals surface area contributed by atoms with Crippen molar-refractivity contribution in [3.05, 3.63) is 0 Å². The maximum atomic E-state index is 11.9. The summed E-state index contributed by atoms with van der Waals surface area (Å²) in [5.41, 5.74) is 0. The first-order chi connectivity index (χ1) is 7.43. The van der Waals surface area contributed by atoms with Gasteiger partial charge in [-0.2, -0.15) is 0 Å². The molecule has 16 heavy (non-hydrogen) atoms. The fourth-order valence-corrected chi connectivity index (χ4v) is 3.94. The topological polar surface area (TPSA) is 80.7 Å². The Hall–Kier alpha value is -0.620. The molecule has 0 aromatic carbocycles. The van der Waals surface area contributed by atoms with Gasteiger partial charge < -0.3 is 9.84 Å². The fourth-order valence-electron chi connectivity index (χ4n) is 1.91. The van der Waals surface area contributed by atoms with Gasteiger partial charge in [0.1, 0.15) is 0 Å². The van der Waals surface area contributed by atoms with E-state index in [1.54, 1.807) is 6.92 Å². The van der Waals surface area contributed by atoms with Gasteiger partial charge in [0.2, 0.25) is 0 Å². The largest absolute Gasteiger partial charge is 0.481 e. The number of hydrogen-bond donors (Lipinski definition) is 1. The highest BCUT2D eigenvalue weighted by Crippen LogP contribution is 2.22. The molecule has 1 aliphatic heterocycles. The van der Waals surface area contributed by atoms with Gasteiger partial charge in [-0.3, -0.25) is 4.79 Å². The molecule has 5 nitrogen and oxygen atoms in total. The summed E-state index contributed by atoms with van der Waals surface area (Å²) in [4.78, 5) is 10.3. The van der Waals surface area contributed by atoms with Crippen molar-refractivity contribution in [1.82, 2.24) is 0 Å². The molecule has 0 radical (unpaired) electrons. The van der Waals surface area contributed by atoms with Gasteiger partial charge in [0.05, 0.1) is 17.1 Å². The van der Waals surface area contributed by atoms with Crippen LogP contribution in [0.1, 0.15) is 32.6 Å². The van der Waals surface area contributed by atoms with Crippen LogP contribution < -0.4 is 0 Å². The van der Waals surface area contributed by atoms with Crippen LogP contribution >= 0.6 is 0 Å². The van der Waals surface area contributed by atoms with Crippen LogP contribution in [0, 0.1) is 0 Å². The van der Waals surface area contributed by atoms with Gasteiger partial charge in [-0.15, -0.1) is 0 Å². The van der Waals surface area contributed by atoms with Crippen molar-refractivity contribution in [3.8, 4) is 0 Å². The van der Waals surface area contributed by atoms with Gasteiger partial charge in [-0.05, 0) is 26.2 Å². The lowest BCUT2D eigenvalue weighted by Gasteiger charge is -2.14. The Labute approximate surface area is 95.7 Å². The van der Waals surface area contributed by atoms with Crippen LogP contribution in [0.4, 0.5) is 0 Å². The zero-order valence-corrected chi connectivity index (χ0v) is 10.2. The van der Waals surface area contributed by atoms with E-state index in [1.807, 2.05) is 0 Å². The minimum absolute atomic E-state index is 0.0340. The van der Waals surface area contributed by atoms with Gasteiger partial charge in [0.15, 0.2) is 9.84 Å².